The van der Waals surface area contributed by atoms with Crippen molar-refractivity contribution < 1.29 is 8.76 Å². The van der Waals surface area contributed by atoms with Crippen LogP contribution < -0.4 is 4.72 Å². The minimum atomic E-state index is -2.22. The van der Waals surface area contributed by atoms with Crippen molar-refractivity contribution >= 4 is 22.2 Å². The molecule has 0 aliphatic rings. The molecule has 15 heavy (non-hydrogen) atoms. The molecule has 1 unspecified atom stereocenters. The fourth-order valence-corrected chi connectivity index (χ4v) is 1.66. The predicted octanol–water partition coefficient (Wildman–Crippen LogP) is 1.12. The summed E-state index contributed by atoms with van der Waals surface area (Å²) in [5, 5.41) is 1.01. The van der Waals surface area contributed by atoms with Crippen LogP contribution in [0.5, 0.6) is 0 Å². The Kier molecular flexibility index (Phi) is 3.05. The standard InChI is InChI=1S/C10H10N2O2S/c13-15(14)12-7-8-3-4-10-9(6-8)2-1-5-11-10/h1-6,12H,7H2,(H,13,14)/p-1. The van der Waals surface area contributed by atoms with Crippen molar-refractivity contribution in [3.63, 3.8) is 0 Å². The molecule has 2 aromatic rings. The SMILES string of the molecule is O=S([O-])NCc1ccc2ncccc2c1. The van der Waals surface area contributed by atoms with E-state index in [0.717, 1.165) is 16.5 Å². The molecule has 1 aromatic heterocycles. The molecule has 0 amide bonds. The highest BCUT2D eigenvalue weighted by Gasteiger charge is 1.96. The second kappa shape index (κ2) is 4.48. The number of benzene rings is 1. The maximum Gasteiger partial charge on any atom is 0.0702 e. The molecule has 0 bridgehead atoms. The summed E-state index contributed by atoms with van der Waals surface area (Å²) in [6.45, 7) is 0.306. The van der Waals surface area contributed by atoms with Crippen LogP contribution in [-0.4, -0.2) is 13.7 Å². The fraction of sp³-hybridized carbons (Fsp3) is 0.100. The van der Waals surface area contributed by atoms with Crippen LogP contribution in [0.3, 0.4) is 0 Å². The molecule has 2 rings (SSSR count). The molecule has 0 radical (unpaired) electrons. The third kappa shape index (κ3) is 2.59. The van der Waals surface area contributed by atoms with E-state index in [9.17, 15) is 8.76 Å². The molecule has 1 aromatic carbocycles. The zero-order valence-electron chi connectivity index (χ0n) is 7.84. The molecule has 4 nitrogen and oxygen atoms in total. The molecule has 0 aliphatic heterocycles. The zero-order chi connectivity index (χ0) is 10.7. The molecule has 1 N–H and O–H groups in total. The summed E-state index contributed by atoms with van der Waals surface area (Å²) >= 11 is -2.22. The Labute approximate surface area is 89.8 Å². The average molecular weight is 221 g/mol. The Bertz CT molecular complexity index is 502. The summed E-state index contributed by atoms with van der Waals surface area (Å²) in [6, 6.07) is 9.45. The Morgan fingerprint density at radius 3 is 3.07 bits per heavy atom. The van der Waals surface area contributed by atoms with Crippen molar-refractivity contribution in [2.75, 3.05) is 0 Å². The van der Waals surface area contributed by atoms with Crippen LogP contribution in [0.1, 0.15) is 5.56 Å². The van der Waals surface area contributed by atoms with E-state index in [2.05, 4.69) is 9.71 Å². The van der Waals surface area contributed by atoms with Crippen LogP contribution in [-0.2, 0) is 17.8 Å². The zero-order valence-corrected chi connectivity index (χ0v) is 8.66. The minimum absolute atomic E-state index is 0.306. The number of pyridine rings is 1. The van der Waals surface area contributed by atoms with Gasteiger partial charge in [-0.25, -0.2) is 4.72 Å². The molecule has 1 atom stereocenters. The highest BCUT2D eigenvalue weighted by atomic mass is 32.2. The molecule has 5 heteroatoms. The normalized spacial score (nSPS) is 12.9. The number of nitrogens with zero attached hydrogens (tertiary/aromatic N) is 1. The van der Waals surface area contributed by atoms with Gasteiger partial charge in [0.05, 0.1) is 5.52 Å². The molecular weight excluding hydrogens is 212 g/mol. The molecule has 1 heterocycles. The van der Waals surface area contributed by atoms with Gasteiger partial charge in [-0.05, 0) is 23.8 Å². The van der Waals surface area contributed by atoms with Crippen LogP contribution in [0.25, 0.3) is 10.9 Å². The van der Waals surface area contributed by atoms with E-state index in [1.54, 1.807) is 6.20 Å². The van der Waals surface area contributed by atoms with Crippen molar-refractivity contribution in [2.45, 2.75) is 6.54 Å². The van der Waals surface area contributed by atoms with Crippen LogP contribution in [0.4, 0.5) is 0 Å². The monoisotopic (exact) mass is 221 g/mol. The molecule has 0 saturated carbocycles. The topological polar surface area (TPSA) is 65.0 Å². The van der Waals surface area contributed by atoms with Gasteiger partial charge in [-0.1, -0.05) is 12.1 Å². The summed E-state index contributed by atoms with van der Waals surface area (Å²) in [6.07, 6.45) is 1.73. The van der Waals surface area contributed by atoms with Crippen LogP contribution in [0, 0.1) is 0 Å². The summed E-state index contributed by atoms with van der Waals surface area (Å²) < 4.78 is 22.9. The highest BCUT2D eigenvalue weighted by molar-refractivity contribution is 7.77. The Morgan fingerprint density at radius 1 is 1.40 bits per heavy atom. The molecule has 0 aliphatic carbocycles. The van der Waals surface area contributed by atoms with Gasteiger partial charge in [0.25, 0.3) is 0 Å². The summed E-state index contributed by atoms with van der Waals surface area (Å²) in [5.74, 6) is 0. The third-order valence-corrected chi connectivity index (χ3v) is 2.44. The van der Waals surface area contributed by atoms with Gasteiger partial charge in [0.1, 0.15) is 0 Å². The first kappa shape index (κ1) is 10.2. The Hall–Kier alpha value is -1.30. The minimum Gasteiger partial charge on any atom is -0.760 e. The van der Waals surface area contributed by atoms with Crippen molar-refractivity contribution in [3.8, 4) is 0 Å². The van der Waals surface area contributed by atoms with Gasteiger partial charge in [0, 0.05) is 29.4 Å². The predicted molar refractivity (Wildman–Crippen MR) is 57.5 cm³/mol. The van der Waals surface area contributed by atoms with E-state index >= 15 is 0 Å². The van der Waals surface area contributed by atoms with Gasteiger partial charge in [-0.15, -0.1) is 0 Å². The lowest BCUT2D eigenvalue weighted by molar-refractivity contribution is 0.522. The first-order valence-corrected chi connectivity index (χ1v) is 5.49. The van der Waals surface area contributed by atoms with Gasteiger partial charge in [-0.2, -0.15) is 0 Å². The lowest BCUT2D eigenvalue weighted by Crippen LogP contribution is -2.15. The van der Waals surface area contributed by atoms with E-state index in [1.807, 2.05) is 30.3 Å². The number of fused-ring (bicyclic) bond motifs is 1. The lowest BCUT2D eigenvalue weighted by atomic mass is 10.1. The molecule has 0 fully saturated rings. The quantitative estimate of drug-likeness (QED) is 0.790. The number of hydrogen-bond acceptors (Lipinski definition) is 3. The van der Waals surface area contributed by atoms with Gasteiger partial charge in [0.15, 0.2) is 0 Å². The number of rotatable bonds is 3. The van der Waals surface area contributed by atoms with Gasteiger partial charge >= 0.3 is 0 Å². The lowest BCUT2D eigenvalue weighted by Gasteiger charge is -2.07. The first-order chi connectivity index (χ1) is 7.25. The Morgan fingerprint density at radius 2 is 2.27 bits per heavy atom. The summed E-state index contributed by atoms with van der Waals surface area (Å²) in [5.41, 5.74) is 1.82. The molecule has 78 valence electrons. The van der Waals surface area contributed by atoms with Gasteiger partial charge in [0.2, 0.25) is 0 Å². The second-order valence-corrected chi connectivity index (χ2v) is 3.84. The van der Waals surface area contributed by atoms with E-state index in [4.69, 9.17) is 0 Å². The maximum absolute atomic E-state index is 10.3. The van der Waals surface area contributed by atoms with E-state index < -0.39 is 11.3 Å². The fourth-order valence-electron chi connectivity index (χ4n) is 1.38. The summed E-state index contributed by atoms with van der Waals surface area (Å²) in [4.78, 5) is 4.18. The first-order valence-electron chi connectivity index (χ1n) is 4.42. The van der Waals surface area contributed by atoms with Gasteiger partial charge < -0.3 is 4.55 Å². The van der Waals surface area contributed by atoms with Gasteiger partial charge in [-0.3, -0.25) is 9.19 Å². The maximum atomic E-state index is 10.3. The largest absolute Gasteiger partial charge is 0.760 e. The van der Waals surface area contributed by atoms with Crippen molar-refractivity contribution in [2.24, 2.45) is 0 Å². The molecular formula is C10H9N2O2S-. The summed E-state index contributed by atoms with van der Waals surface area (Å²) in [7, 11) is 0. The third-order valence-electron chi connectivity index (χ3n) is 2.06. The van der Waals surface area contributed by atoms with Crippen LogP contribution in [0.2, 0.25) is 0 Å². The van der Waals surface area contributed by atoms with Crippen LogP contribution >= 0.6 is 0 Å². The smallest absolute Gasteiger partial charge is 0.0702 e. The van der Waals surface area contributed by atoms with Crippen LogP contribution in [0.15, 0.2) is 36.5 Å². The second-order valence-electron chi connectivity index (χ2n) is 3.09. The van der Waals surface area contributed by atoms with E-state index in [1.165, 1.54) is 0 Å². The number of hydrogen-bond donors (Lipinski definition) is 1. The molecule has 0 spiro atoms. The Balaban J connectivity index is 2.26. The average Bonchev–Trinajstić information content (AvgIpc) is 2.26. The van der Waals surface area contributed by atoms with E-state index in [-0.39, 0.29) is 0 Å². The number of nitrogens with one attached hydrogen (secondary N) is 1. The van der Waals surface area contributed by atoms with Crippen molar-refractivity contribution in [1.82, 2.24) is 9.71 Å². The van der Waals surface area contributed by atoms with E-state index in [0.29, 0.717) is 6.54 Å². The highest BCUT2D eigenvalue weighted by Crippen LogP contribution is 2.12. The number of aromatic nitrogens is 1. The van der Waals surface area contributed by atoms with Crippen molar-refractivity contribution in [3.05, 3.63) is 42.1 Å². The molecule has 0 saturated heterocycles. The van der Waals surface area contributed by atoms with Crippen molar-refractivity contribution in [1.29, 1.82) is 0 Å².